The fourth-order valence-corrected chi connectivity index (χ4v) is 2.53. The number of nitrogens with one attached hydrogen (secondary N) is 1. The van der Waals surface area contributed by atoms with Crippen LogP contribution in [0, 0.1) is 5.92 Å². The number of rotatable bonds is 7. The highest BCUT2D eigenvalue weighted by Crippen LogP contribution is 2.20. The first-order valence-corrected chi connectivity index (χ1v) is 8.35. The van der Waals surface area contributed by atoms with Crippen LogP contribution in [0.4, 0.5) is 0 Å². The fraction of sp³-hybridized carbons (Fsp3) is 0.316. The van der Waals surface area contributed by atoms with Crippen molar-refractivity contribution in [3.63, 3.8) is 0 Å². The van der Waals surface area contributed by atoms with Crippen LogP contribution < -0.4 is 15.8 Å². The molecule has 2 aromatic rings. The van der Waals surface area contributed by atoms with E-state index in [4.69, 9.17) is 22.1 Å². The molecule has 0 aliphatic heterocycles. The number of halogens is 1. The number of nitrogens with two attached hydrogens (primary N) is 1. The number of amides is 1. The SMILES string of the molecule is CC(CNC(=O)C(C)C(N)c1ccccc1)Oc1cccc(Cl)c1. The highest BCUT2D eigenvalue weighted by molar-refractivity contribution is 6.30. The Morgan fingerprint density at radius 2 is 1.88 bits per heavy atom. The minimum Gasteiger partial charge on any atom is -0.489 e. The third kappa shape index (κ3) is 5.25. The van der Waals surface area contributed by atoms with Crippen LogP contribution in [0.15, 0.2) is 54.6 Å². The second-order valence-corrected chi connectivity index (χ2v) is 6.29. The van der Waals surface area contributed by atoms with Gasteiger partial charge >= 0.3 is 0 Å². The Morgan fingerprint density at radius 3 is 2.54 bits per heavy atom. The summed E-state index contributed by atoms with van der Waals surface area (Å²) in [6.45, 7) is 4.12. The Bertz CT molecular complexity index is 663. The van der Waals surface area contributed by atoms with E-state index >= 15 is 0 Å². The van der Waals surface area contributed by atoms with Gasteiger partial charge in [-0.25, -0.2) is 0 Å². The Labute approximate surface area is 148 Å². The Balaban J connectivity index is 1.83. The summed E-state index contributed by atoms with van der Waals surface area (Å²) in [6.07, 6.45) is -0.174. The third-order valence-corrected chi connectivity index (χ3v) is 4.07. The molecule has 0 bridgehead atoms. The van der Waals surface area contributed by atoms with Gasteiger partial charge in [-0.1, -0.05) is 54.9 Å². The van der Waals surface area contributed by atoms with Crippen molar-refractivity contribution in [1.82, 2.24) is 5.32 Å². The van der Waals surface area contributed by atoms with Crippen LogP contribution >= 0.6 is 11.6 Å². The molecule has 5 heteroatoms. The molecule has 0 saturated heterocycles. The molecular formula is C19H23ClN2O2. The minimum atomic E-state index is -0.338. The summed E-state index contributed by atoms with van der Waals surface area (Å²) in [5.74, 6) is 0.261. The van der Waals surface area contributed by atoms with E-state index in [9.17, 15) is 4.79 Å². The molecule has 0 saturated carbocycles. The summed E-state index contributed by atoms with van der Waals surface area (Å²) >= 11 is 5.93. The van der Waals surface area contributed by atoms with Gasteiger partial charge in [0.1, 0.15) is 11.9 Å². The lowest BCUT2D eigenvalue weighted by Crippen LogP contribution is -2.40. The van der Waals surface area contributed by atoms with Gasteiger partial charge in [0, 0.05) is 11.1 Å². The highest BCUT2D eigenvalue weighted by atomic mass is 35.5. The summed E-state index contributed by atoms with van der Waals surface area (Å²) in [5.41, 5.74) is 7.13. The predicted molar refractivity (Wildman–Crippen MR) is 97.1 cm³/mol. The molecule has 0 radical (unpaired) electrons. The van der Waals surface area contributed by atoms with Crippen molar-refractivity contribution >= 4 is 17.5 Å². The van der Waals surface area contributed by atoms with Crippen molar-refractivity contribution in [3.05, 3.63) is 65.2 Å². The van der Waals surface area contributed by atoms with E-state index in [1.54, 1.807) is 12.1 Å². The van der Waals surface area contributed by atoms with E-state index in [2.05, 4.69) is 5.32 Å². The van der Waals surface area contributed by atoms with Crippen LogP contribution in [-0.2, 0) is 4.79 Å². The van der Waals surface area contributed by atoms with Gasteiger partial charge in [0.15, 0.2) is 0 Å². The Morgan fingerprint density at radius 1 is 1.17 bits per heavy atom. The zero-order chi connectivity index (χ0) is 17.5. The number of hydrogen-bond donors (Lipinski definition) is 2. The number of carbonyl (C=O) groups excluding carboxylic acids is 1. The first-order chi connectivity index (χ1) is 11.5. The van der Waals surface area contributed by atoms with Gasteiger partial charge in [-0.2, -0.15) is 0 Å². The van der Waals surface area contributed by atoms with Gasteiger partial charge in [-0.15, -0.1) is 0 Å². The number of benzene rings is 2. The lowest BCUT2D eigenvalue weighted by molar-refractivity contribution is -0.125. The van der Waals surface area contributed by atoms with Crippen LogP contribution in [0.25, 0.3) is 0 Å². The van der Waals surface area contributed by atoms with Crippen molar-refractivity contribution in [2.24, 2.45) is 11.7 Å². The molecule has 128 valence electrons. The quantitative estimate of drug-likeness (QED) is 0.805. The second kappa shape index (κ2) is 8.71. The molecule has 2 rings (SSSR count). The largest absolute Gasteiger partial charge is 0.489 e. The maximum atomic E-state index is 12.3. The van der Waals surface area contributed by atoms with Crippen molar-refractivity contribution in [2.75, 3.05) is 6.54 Å². The molecule has 0 spiro atoms. The number of carbonyl (C=O) groups is 1. The topological polar surface area (TPSA) is 64.4 Å². The minimum absolute atomic E-state index is 0.0899. The van der Waals surface area contributed by atoms with Crippen molar-refractivity contribution in [3.8, 4) is 5.75 Å². The summed E-state index contributed by atoms with van der Waals surface area (Å²) < 4.78 is 5.74. The van der Waals surface area contributed by atoms with Crippen LogP contribution in [0.2, 0.25) is 5.02 Å². The number of hydrogen-bond acceptors (Lipinski definition) is 3. The average Bonchev–Trinajstić information content (AvgIpc) is 2.59. The summed E-state index contributed by atoms with van der Waals surface area (Å²) in [6, 6.07) is 16.5. The predicted octanol–water partition coefficient (Wildman–Crippen LogP) is 3.56. The molecule has 0 fully saturated rings. The normalized spacial score (nSPS) is 14.5. The lowest BCUT2D eigenvalue weighted by atomic mass is 9.94. The molecule has 0 heterocycles. The van der Waals surface area contributed by atoms with Crippen molar-refractivity contribution in [1.29, 1.82) is 0 Å². The summed E-state index contributed by atoms with van der Waals surface area (Å²) in [5, 5.41) is 3.51. The molecule has 1 amide bonds. The Kier molecular flexibility index (Phi) is 6.64. The van der Waals surface area contributed by atoms with E-state index in [1.807, 2.05) is 56.3 Å². The first kappa shape index (κ1) is 18.3. The van der Waals surface area contributed by atoms with Gasteiger partial charge in [0.2, 0.25) is 5.91 Å². The second-order valence-electron chi connectivity index (χ2n) is 5.86. The van der Waals surface area contributed by atoms with E-state index in [0.29, 0.717) is 17.3 Å². The summed E-state index contributed by atoms with van der Waals surface area (Å²) in [4.78, 5) is 12.3. The van der Waals surface area contributed by atoms with Gasteiger partial charge in [-0.05, 0) is 30.7 Å². The highest BCUT2D eigenvalue weighted by Gasteiger charge is 2.22. The van der Waals surface area contributed by atoms with Crippen LogP contribution in [-0.4, -0.2) is 18.6 Å². The van der Waals surface area contributed by atoms with Gasteiger partial charge < -0.3 is 15.8 Å². The van der Waals surface area contributed by atoms with Gasteiger partial charge in [0.05, 0.1) is 12.5 Å². The molecule has 24 heavy (non-hydrogen) atoms. The maximum Gasteiger partial charge on any atom is 0.224 e. The lowest BCUT2D eigenvalue weighted by Gasteiger charge is -2.21. The molecule has 3 unspecified atom stereocenters. The molecule has 3 N–H and O–H groups in total. The van der Waals surface area contributed by atoms with E-state index in [0.717, 1.165) is 5.56 Å². The van der Waals surface area contributed by atoms with Crippen molar-refractivity contribution in [2.45, 2.75) is 26.0 Å². The first-order valence-electron chi connectivity index (χ1n) is 7.98. The van der Waals surface area contributed by atoms with Crippen LogP contribution in [0.1, 0.15) is 25.5 Å². The monoisotopic (exact) mass is 346 g/mol. The fourth-order valence-electron chi connectivity index (χ4n) is 2.35. The Hall–Kier alpha value is -2.04. The van der Waals surface area contributed by atoms with Crippen molar-refractivity contribution < 1.29 is 9.53 Å². The average molecular weight is 347 g/mol. The molecular weight excluding hydrogens is 324 g/mol. The van der Waals surface area contributed by atoms with Crippen LogP contribution in [0.3, 0.4) is 0 Å². The molecule has 0 aliphatic rings. The number of ether oxygens (including phenoxy) is 1. The summed E-state index contributed by atoms with van der Waals surface area (Å²) in [7, 11) is 0. The smallest absolute Gasteiger partial charge is 0.224 e. The molecule has 4 nitrogen and oxygen atoms in total. The van der Waals surface area contributed by atoms with Crippen LogP contribution in [0.5, 0.6) is 5.75 Å². The molecule has 3 atom stereocenters. The van der Waals surface area contributed by atoms with E-state index < -0.39 is 0 Å². The van der Waals surface area contributed by atoms with E-state index in [1.165, 1.54) is 0 Å². The van der Waals surface area contributed by atoms with Gasteiger partial charge in [0.25, 0.3) is 0 Å². The zero-order valence-corrected chi connectivity index (χ0v) is 14.7. The van der Waals surface area contributed by atoms with E-state index in [-0.39, 0.29) is 24.0 Å². The third-order valence-electron chi connectivity index (χ3n) is 3.83. The molecule has 0 aromatic heterocycles. The van der Waals surface area contributed by atoms with Gasteiger partial charge in [-0.3, -0.25) is 4.79 Å². The standard InChI is InChI=1S/C19H23ClN2O2/c1-13(24-17-10-6-9-16(20)11-17)12-22-19(23)14(2)18(21)15-7-4-3-5-8-15/h3-11,13-14,18H,12,21H2,1-2H3,(H,22,23). The molecule has 0 aliphatic carbocycles. The zero-order valence-electron chi connectivity index (χ0n) is 13.9. The maximum absolute atomic E-state index is 12.3. The molecule has 2 aromatic carbocycles.